The first kappa shape index (κ1) is 21.1. The van der Waals surface area contributed by atoms with Crippen LogP contribution < -0.4 is 4.90 Å². The Kier molecular flexibility index (Phi) is 6.13. The highest BCUT2D eigenvalue weighted by molar-refractivity contribution is 5.74. The smallest absolute Gasteiger partial charge is 0.312 e. The Morgan fingerprint density at radius 1 is 1.21 bits per heavy atom. The predicted octanol–water partition coefficient (Wildman–Crippen LogP) is 3.95. The van der Waals surface area contributed by atoms with E-state index in [2.05, 4.69) is 4.90 Å². The molecule has 0 amide bonds. The van der Waals surface area contributed by atoms with Gasteiger partial charge in [0.05, 0.1) is 17.7 Å². The molecule has 2 aromatic rings. The lowest BCUT2D eigenvalue weighted by molar-refractivity contribution is -0.165. The van der Waals surface area contributed by atoms with Crippen LogP contribution in [-0.4, -0.2) is 48.0 Å². The molecule has 1 aromatic heterocycles. The van der Waals surface area contributed by atoms with Crippen molar-refractivity contribution in [2.75, 3.05) is 25.1 Å². The van der Waals surface area contributed by atoms with Crippen LogP contribution in [0.25, 0.3) is 11.3 Å². The number of carbonyl (C=O) groups excluding carboxylic acids is 1. The molecule has 6 nitrogen and oxygen atoms in total. The van der Waals surface area contributed by atoms with Crippen molar-refractivity contribution in [3.8, 4) is 17.0 Å². The number of aromatic nitrogens is 1. The largest absolute Gasteiger partial charge is 0.507 e. The maximum absolute atomic E-state index is 12.6. The second kappa shape index (κ2) is 8.41. The van der Waals surface area contributed by atoms with E-state index < -0.39 is 5.60 Å². The SMILES string of the molecule is CO[C@H]1CN(c2cccc(-c3cccc(C)c3O)n2)CC[C@H]1C(=O)OC(C)(C)C. The summed E-state index contributed by atoms with van der Waals surface area (Å²) in [7, 11) is 1.63. The van der Waals surface area contributed by atoms with Gasteiger partial charge in [-0.05, 0) is 57.9 Å². The molecule has 2 atom stereocenters. The molecule has 1 saturated heterocycles. The predicted molar refractivity (Wildman–Crippen MR) is 113 cm³/mol. The first-order valence-electron chi connectivity index (χ1n) is 9.96. The number of aryl methyl sites for hydroxylation is 1. The van der Waals surface area contributed by atoms with E-state index in [1.54, 1.807) is 7.11 Å². The molecule has 0 radical (unpaired) electrons. The second-order valence-corrected chi connectivity index (χ2v) is 8.50. The molecule has 1 fully saturated rings. The number of nitrogens with zero attached hydrogens (tertiary/aromatic N) is 2. The van der Waals surface area contributed by atoms with E-state index in [0.29, 0.717) is 30.8 Å². The number of hydrogen-bond donors (Lipinski definition) is 1. The number of aromatic hydroxyl groups is 1. The van der Waals surface area contributed by atoms with Crippen molar-refractivity contribution in [2.24, 2.45) is 5.92 Å². The minimum absolute atomic E-state index is 0.213. The van der Waals surface area contributed by atoms with Gasteiger partial charge in [0.1, 0.15) is 17.2 Å². The molecule has 3 rings (SSSR count). The van der Waals surface area contributed by atoms with Crippen molar-refractivity contribution in [3.05, 3.63) is 42.0 Å². The van der Waals surface area contributed by atoms with E-state index in [4.69, 9.17) is 14.5 Å². The standard InChI is InChI=1S/C23H30N2O4/c1-15-8-6-9-16(21(15)26)18-10-7-11-20(24-18)25-13-12-17(19(14-25)28-5)22(27)29-23(2,3)4/h6-11,17,19,26H,12-14H2,1-5H3/t17-,19+/m1/s1. The van der Waals surface area contributed by atoms with Gasteiger partial charge in [0.15, 0.2) is 0 Å². The molecule has 1 aromatic carbocycles. The lowest BCUT2D eigenvalue weighted by atomic mass is 9.93. The Bertz CT molecular complexity index is 875. The van der Waals surface area contributed by atoms with E-state index in [0.717, 1.165) is 11.4 Å². The summed E-state index contributed by atoms with van der Waals surface area (Å²) >= 11 is 0. The summed E-state index contributed by atoms with van der Waals surface area (Å²) in [5.41, 5.74) is 1.72. The van der Waals surface area contributed by atoms with E-state index in [-0.39, 0.29) is 23.7 Å². The molecule has 0 saturated carbocycles. The average Bonchev–Trinajstić information content (AvgIpc) is 2.68. The van der Waals surface area contributed by atoms with Crippen molar-refractivity contribution in [1.29, 1.82) is 0 Å². The Labute approximate surface area is 172 Å². The number of para-hydroxylation sites is 1. The zero-order valence-corrected chi connectivity index (χ0v) is 17.8. The molecule has 1 aliphatic heterocycles. The van der Waals surface area contributed by atoms with Crippen molar-refractivity contribution in [3.63, 3.8) is 0 Å². The molecule has 156 valence electrons. The first-order valence-corrected chi connectivity index (χ1v) is 9.96. The number of anilines is 1. The fraction of sp³-hybridized carbons (Fsp3) is 0.478. The minimum atomic E-state index is -0.516. The molecule has 6 heteroatoms. The average molecular weight is 399 g/mol. The Hall–Kier alpha value is -2.60. The van der Waals surface area contributed by atoms with Gasteiger partial charge in [-0.2, -0.15) is 0 Å². The molecule has 0 spiro atoms. The number of carbonyl (C=O) groups is 1. The van der Waals surface area contributed by atoms with E-state index in [1.165, 1.54) is 0 Å². The van der Waals surface area contributed by atoms with Crippen molar-refractivity contribution in [1.82, 2.24) is 4.98 Å². The number of pyridine rings is 1. The maximum Gasteiger partial charge on any atom is 0.312 e. The van der Waals surface area contributed by atoms with Gasteiger partial charge < -0.3 is 19.5 Å². The van der Waals surface area contributed by atoms with E-state index in [9.17, 15) is 9.90 Å². The van der Waals surface area contributed by atoms with Gasteiger partial charge in [0.2, 0.25) is 0 Å². The van der Waals surface area contributed by atoms with Gasteiger partial charge in [-0.25, -0.2) is 4.98 Å². The van der Waals surface area contributed by atoms with Gasteiger partial charge in [0.25, 0.3) is 0 Å². The number of benzene rings is 1. The zero-order chi connectivity index (χ0) is 21.2. The quantitative estimate of drug-likeness (QED) is 0.787. The van der Waals surface area contributed by atoms with Crippen LogP contribution in [0.15, 0.2) is 36.4 Å². The molecule has 1 N–H and O–H groups in total. The monoisotopic (exact) mass is 398 g/mol. The van der Waals surface area contributed by atoms with Crippen LogP contribution in [-0.2, 0) is 14.3 Å². The van der Waals surface area contributed by atoms with Crippen LogP contribution in [0.3, 0.4) is 0 Å². The molecule has 1 aliphatic rings. The normalized spacial score (nSPS) is 19.8. The number of phenolic OH excluding ortho intramolecular Hbond substituents is 1. The van der Waals surface area contributed by atoms with Gasteiger partial charge in [-0.15, -0.1) is 0 Å². The number of piperidine rings is 1. The number of rotatable bonds is 4. The second-order valence-electron chi connectivity index (χ2n) is 8.50. The topological polar surface area (TPSA) is 71.9 Å². The van der Waals surface area contributed by atoms with Crippen LogP contribution in [0, 0.1) is 12.8 Å². The lowest BCUT2D eigenvalue weighted by Crippen LogP contribution is -2.49. The molecule has 0 aliphatic carbocycles. The van der Waals surface area contributed by atoms with Crippen LogP contribution in [0.4, 0.5) is 5.82 Å². The lowest BCUT2D eigenvalue weighted by Gasteiger charge is -2.38. The van der Waals surface area contributed by atoms with Crippen LogP contribution in [0.1, 0.15) is 32.8 Å². The molecular weight excluding hydrogens is 368 g/mol. The number of hydrogen-bond acceptors (Lipinski definition) is 6. The fourth-order valence-electron chi connectivity index (χ4n) is 3.63. The van der Waals surface area contributed by atoms with Crippen LogP contribution in [0.5, 0.6) is 5.75 Å². The maximum atomic E-state index is 12.6. The summed E-state index contributed by atoms with van der Waals surface area (Å²) in [5, 5.41) is 10.4. The Morgan fingerprint density at radius 3 is 2.62 bits per heavy atom. The Morgan fingerprint density at radius 2 is 1.93 bits per heavy atom. The zero-order valence-electron chi connectivity index (χ0n) is 17.8. The molecular formula is C23H30N2O4. The van der Waals surface area contributed by atoms with E-state index >= 15 is 0 Å². The highest BCUT2D eigenvalue weighted by Crippen LogP contribution is 2.32. The number of esters is 1. The van der Waals surface area contributed by atoms with Gasteiger partial charge in [-0.1, -0.05) is 18.2 Å². The molecule has 29 heavy (non-hydrogen) atoms. The summed E-state index contributed by atoms with van der Waals surface area (Å²) in [5.74, 6) is 0.540. The van der Waals surface area contributed by atoms with Crippen molar-refractivity contribution in [2.45, 2.75) is 45.8 Å². The third-order valence-corrected chi connectivity index (χ3v) is 5.14. The summed E-state index contributed by atoms with van der Waals surface area (Å²) in [6, 6.07) is 11.4. The van der Waals surface area contributed by atoms with Gasteiger partial charge >= 0.3 is 5.97 Å². The van der Waals surface area contributed by atoms with E-state index in [1.807, 2.05) is 64.1 Å². The van der Waals surface area contributed by atoms with Crippen molar-refractivity contribution < 1.29 is 19.4 Å². The summed E-state index contributed by atoms with van der Waals surface area (Å²) in [6.45, 7) is 8.72. The number of phenols is 1. The highest BCUT2D eigenvalue weighted by atomic mass is 16.6. The number of ether oxygens (including phenoxy) is 2. The number of methoxy groups -OCH3 is 1. The summed E-state index contributed by atoms with van der Waals surface area (Å²) in [4.78, 5) is 19.4. The molecule has 0 bridgehead atoms. The first-order chi connectivity index (χ1) is 13.7. The van der Waals surface area contributed by atoms with Gasteiger partial charge in [0, 0.05) is 25.8 Å². The molecule has 0 unspecified atom stereocenters. The summed E-state index contributed by atoms with van der Waals surface area (Å²) < 4.78 is 11.2. The van der Waals surface area contributed by atoms with Crippen molar-refractivity contribution >= 4 is 11.8 Å². The highest BCUT2D eigenvalue weighted by Gasteiger charge is 2.37. The Balaban J connectivity index is 1.79. The molecule has 2 heterocycles. The summed E-state index contributed by atoms with van der Waals surface area (Å²) in [6.07, 6.45) is 0.367. The van der Waals surface area contributed by atoms with Crippen LogP contribution >= 0.6 is 0 Å². The van der Waals surface area contributed by atoms with Gasteiger partial charge in [-0.3, -0.25) is 4.79 Å². The third-order valence-electron chi connectivity index (χ3n) is 5.14. The fourth-order valence-corrected chi connectivity index (χ4v) is 3.63. The third kappa shape index (κ3) is 4.88. The van der Waals surface area contributed by atoms with Crippen LogP contribution in [0.2, 0.25) is 0 Å². The minimum Gasteiger partial charge on any atom is -0.507 e.